The summed E-state index contributed by atoms with van der Waals surface area (Å²) >= 11 is 3.76. The Balaban J connectivity index is 1.46. The van der Waals surface area contributed by atoms with Crippen LogP contribution in [0.3, 0.4) is 0 Å². The van der Waals surface area contributed by atoms with Gasteiger partial charge in [0.25, 0.3) is 10.8 Å². The van der Waals surface area contributed by atoms with Crippen LogP contribution in [0.25, 0.3) is 10.2 Å². The predicted octanol–water partition coefficient (Wildman–Crippen LogP) is 2.67. The van der Waals surface area contributed by atoms with Crippen molar-refractivity contribution in [2.24, 2.45) is 5.92 Å². The third-order valence-electron chi connectivity index (χ3n) is 5.52. The summed E-state index contributed by atoms with van der Waals surface area (Å²) in [4.78, 5) is 56.7. The van der Waals surface area contributed by atoms with Gasteiger partial charge in [-0.05, 0) is 30.7 Å². The second kappa shape index (κ2) is 9.80. The van der Waals surface area contributed by atoms with Gasteiger partial charge in [0, 0.05) is 24.5 Å². The molecule has 1 N–H and O–H groups in total. The third kappa shape index (κ3) is 4.65. The van der Waals surface area contributed by atoms with E-state index in [1.165, 1.54) is 16.6 Å². The molecule has 1 aliphatic heterocycles. The van der Waals surface area contributed by atoms with Crippen molar-refractivity contribution in [2.75, 3.05) is 24.6 Å². The first-order chi connectivity index (χ1) is 15.4. The van der Waals surface area contributed by atoms with Gasteiger partial charge in [-0.3, -0.25) is 28.6 Å². The van der Waals surface area contributed by atoms with Crippen LogP contribution in [0.5, 0.6) is 0 Å². The van der Waals surface area contributed by atoms with Crippen LogP contribution in [-0.4, -0.2) is 56.1 Å². The first-order valence-corrected chi connectivity index (χ1v) is 13.2. The summed E-state index contributed by atoms with van der Waals surface area (Å²) in [6.07, 6.45) is 4.60. The van der Waals surface area contributed by atoms with Crippen molar-refractivity contribution in [2.45, 2.75) is 37.9 Å². The molecule has 2 aromatic rings. The number of carbonyl (C=O) groups excluding carboxylic acids is 3. The maximum atomic E-state index is 13.3. The molecule has 32 heavy (non-hydrogen) atoms. The molecule has 1 atom stereocenters. The lowest BCUT2D eigenvalue weighted by atomic mass is 9.89. The van der Waals surface area contributed by atoms with Gasteiger partial charge in [0.1, 0.15) is 4.83 Å². The van der Waals surface area contributed by atoms with E-state index in [9.17, 15) is 19.2 Å². The summed E-state index contributed by atoms with van der Waals surface area (Å²) in [5.74, 6) is 0.354. The van der Waals surface area contributed by atoms with Crippen molar-refractivity contribution < 1.29 is 14.4 Å². The maximum Gasteiger partial charge on any atom is 0.288 e. The molecule has 0 saturated carbocycles. The average molecular weight is 493 g/mol. The molecule has 0 bridgehead atoms. The zero-order valence-electron chi connectivity index (χ0n) is 17.7. The predicted molar refractivity (Wildman–Crippen MR) is 129 cm³/mol. The normalized spacial score (nSPS) is 18.3. The zero-order chi connectivity index (χ0) is 22.8. The highest BCUT2D eigenvalue weighted by molar-refractivity contribution is 8.14. The van der Waals surface area contributed by atoms with Crippen molar-refractivity contribution in [3.05, 3.63) is 33.4 Å². The number of thiophene rings is 1. The van der Waals surface area contributed by atoms with Crippen LogP contribution >= 0.6 is 34.9 Å². The van der Waals surface area contributed by atoms with E-state index in [0.717, 1.165) is 46.3 Å². The van der Waals surface area contributed by atoms with Crippen LogP contribution in [0.15, 0.2) is 22.6 Å². The quantitative estimate of drug-likeness (QED) is 0.343. The first kappa shape index (κ1) is 23.1. The van der Waals surface area contributed by atoms with Gasteiger partial charge in [-0.2, -0.15) is 0 Å². The Morgan fingerprint density at radius 2 is 2.19 bits per heavy atom. The highest BCUT2D eigenvalue weighted by atomic mass is 32.2. The maximum absolute atomic E-state index is 13.3. The molecule has 1 aliphatic carbocycles. The molecule has 11 heteroatoms. The lowest BCUT2D eigenvalue weighted by Gasteiger charge is -2.17. The number of nitrogens with one attached hydrogen (secondary N) is 1. The molecule has 8 nitrogen and oxygen atoms in total. The fraction of sp³-hybridized carbons (Fsp3) is 0.476. The number of amides is 3. The highest BCUT2D eigenvalue weighted by Crippen LogP contribution is 2.36. The number of hydrogen-bond acceptors (Lipinski definition) is 8. The van der Waals surface area contributed by atoms with Gasteiger partial charge in [-0.1, -0.05) is 36.5 Å². The van der Waals surface area contributed by atoms with Gasteiger partial charge in [-0.15, -0.1) is 17.9 Å². The van der Waals surface area contributed by atoms with E-state index < -0.39 is 0 Å². The average Bonchev–Trinajstić information content (AvgIpc) is 3.28. The minimum absolute atomic E-state index is 0.0755. The number of carbonyl (C=O) groups is 3. The number of hydrogen-bond donors (Lipinski definition) is 1. The first-order valence-electron chi connectivity index (χ1n) is 10.4. The minimum Gasteiger partial charge on any atom is -0.354 e. The summed E-state index contributed by atoms with van der Waals surface area (Å²) in [5.41, 5.74) is 1.06. The number of aryl methyl sites for hydroxylation is 1. The molecular formula is C21H24N4O4S3. The molecule has 0 unspecified atom stereocenters. The van der Waals surface area contributed by atoms with Crippen LogP contribution < -0.4 is 10.9 Å². The summed E-state index contributed by atoms with van der Waals surface area (Å²) < 4.78 is 1.58. The molecule has 0 spiro atoms. The summed E-state index contributed by atoms with van der Waals surface area (Å²) in [5, 5.41) is 3.65. The second-order valence-electron chi connectivity index (χ2n) is 7.87. The number of fused-ring (bicyclic) bond motifs is 3. The van der Waals surface area contributed by atoms with Crippen molar-refractivity contribution in [3.8, 4) is 0 Å². The fourth-order valence-electron chi connectivity index (χ4n) is 3.89. The largest absolute Gasteiger partial charge is 0.354 e. The van der Waals surface area contributed by atoms with Gasteiger partial charge in [-0.25, -0.2) is 4.98 Å². The van der Waals surface area contributed by atoms with E-state index in [1.807, 2.05) is 0 Å². The monoisotopic (exact) mass is 492 g/mol. The van der Waals surface area contributed by atoms with Crippen molar-refractivity contribution >= 4 is 62.1 Å². The van der Waals surface area contributed by atoms with Crippen LogP contribution in [0.1, 0.15) is 23.8 Å². The van der Waals surface area contributed by atoms with Crippen LogP contribution in [0.4, 0.5) is 4.79 Å². The van der Waals surface area contributed by atoms with Crippen LogP contribution in [-0.2, 0) is 29.0 Å². The van der Waals surface area contributed by atoms with Crippen LogP contribution in [0.2, 0.25) is 0 Å². The number of rotatable bonds is 8. The summed E-state index contributed by atoms with van der Waals surface area (Å²) in [6, 6.07) is 0. The Hall–Kier alpha value is -2.11. The molecule has 3 amide bonds. The number of thioether (sulfide) groups is 2. The van der Waals surface area contributed by atoms with E-state index in [4.69, 9.17) is 4.98 Å². The molecule has 2 aromatic heterocycles. The summed E-state index contributed by atoms with van der Waals surface area (Å²) in [6.45, 7) is 6.66. The molecule has 1 saturated heterocycles. The smallest absolute Gasteiger partial charge is 0.288 e. The molecule has 3 heterocycles. The molecule has 0 radical (unpaired) electrons. The van der Waals surface area contributed by atoms with Gasteiger partial charge in [0.15, 0.2) is 5.16 Å². The standard InChI is InChI=1S/C21H24N4O4S3/c1-3-7-25-19(28)17-13-5-4-12(2)9-14(13)32-18(17)23-20(25)30-10-15(26)22-6-8-24-16(27)11-31-21(24)29/h3,12H,1,4-11H2,2H3,(H,22,26)/t12-/m1/s1. The molecule has 4 rings (SSSR count). The van der Waals surface area contributed by atoms with Gasteiger partial charge >= 0.3 is 0 Å². The Morgan fingerprint density at radius 3 is 2.91 bits per heavy atom. The van der Waals surface area contributed by atoms with E-state index in [-0.39, 0.29) is 47.2 Å². The molecular weight excluding hydrogens is 468 g/mol. The number of nitrogens with zero attached hydrogens (tertiary/aromatic N) is 3. The number of allylic oxidation sites excluding steroid dienone is 1. The van der Waals surface area contributed by atoms with Crippen molar-refractivity contribution in [1.29, 1.82) is 0 Å². The third-order valence-corrected chi connectivity index (χ3v) is 8.51. The van der Waals surface area contributed by atoms with Gasteiger partial charge < -0.3 is 5.32 Å². The minimum atomic E-state index is -0.280. The molecule has 0 aromatic carbocycles. The summed E-state index contributed by atoms with van der Waals surface area (Å²) in [7, 11) is 0. The van der Waals surface area contributed by atoms with E-state index in [2.05, 4.69) is 18.8 Å². The lowest BCUT2D eigenvalue weighted by Crippen LogP contribution is -2.38. The Morgan fingerprint density at radius 1 is 1.38 bits per heavy atom. The van der Waals surface area contributed by atoms with Crippen LogP contribution in [0, 0.1) is 5.92 Å². The Bertz CT molecular complexity index is 1140. The fourth-order valence-corrected chi connectivity index (χ4v) is 6.90. The lowest BCUT2D eigenvalue weighted by molar-refractivity contribution is -0.125. The Kier molecular flexibility index (Phi) is 7.06. The van der Waals surface area contributed by atoms with E-state index in [1.54, 1.807) is 22.0 Å². The van der Waals surface area contributed by atoms with Gasteiger partial charge in [0.05, 0.1) is 16.9 Å². The van der Waals surface area contributed by atoms with Crippen molar-refractivity contribution in [1.82, 2.24) is 19.8 Å². The van der Waals surface area contributed by atoms with E-state index >= 15 is 0 Å². The van der Waals surface area contributed by atoms with Crippen molar-refractivity contribution in [3.63, 3.8) is 0 Å². The SMILES string of the molecule is C=CCn1c(SCC(=O)NCCN2C(=O)CSC2=O)nc2sc3c(c2c1=O)CC[C@@H](C)C3. The highest BCUT2D eigenvalue weighted by Gasteiger charge is 2.29. The topological polar surface area (TPSA) is 101 Å². The zero-order valence-corrected chi connectivity index (χ0v) is 20.2. The molecule has 1 fully saturated rings. The number of aromatic nitrogens is 2. The number of imide groups is 1. The van der Waals surface area contributed by atoms with Gasteiger partial charge in [0.2, 0.25) is 11.8 Å². The molecule has 2 aliphatic rings. The molecule has 170 valence electrons. The Labute approximate surface area is 197 Å². The van der Waals surface area contributed by atoms with E-state index in [0.29, 0.717) is 23.0 Å². The second-order valence-corrected chi connectivity index (χ2v) is 10.8.